The summed E-state index contributed by atoms with van der Waals surface area (Å²) in [7, 11) is 0. The third-order valence-electron chi connectivity index (χ3n) is 3.16. The van der Waals surface area contributed by atoms with Crippen LogP contribution in [0.1, 0.15) is 18.1 Å². The van der Waals surface area contributed by atoms with Crippen molar-refractivity contribution in [3.05, 3.63) is 58.6 Å². The van der Waals surface area contributed by atoms with Gasteiger partial charge in [-0.3, -0.25) is 5.43 Å². The zero-order valence-corrected chi connectivity index (χ0v) is 13.6. The van der Waals surface area contributed by atoms with Gasteiger partial charge in [0, 0.05) is 5.02 Å². The van der Waals surface area contributed by atoms with Crippen molar-refractivity contribution in [1.29, 1.82) is 0 Å². The van der Waals surface area contributed by atoms with Crippen LogP contribution in [0.3, 0.4) is 0 Å². The summed E-state index contributed by atoms with van der Waals surface area (Å²) in [4.78, 5) is 10.5. The summed E-state index contributed by atoms with van der Waals surface area (Å²) in [5, 5.41) is 13.6. The monoisotopic (exact) mass is 332 g/mol. The van der Waals surface area contributed by atoms with Crippen LogP contribution < -0.4 is 10.2 Å². The van der Waals surface area contributed by atoms with Crippen molar-refractivity contribution in [1.82, 2.24) is 0 Å². The van der Waals surface area contributed by atoms with E-state index in [0.29, 0.717) is 10.8 Å². The van der Waals surface area contributed by atoms with Crippen molar-refractivity contribution in [2.75, 3.05) is 12.0 Å². The lowest BCUT2D eigenvalue weighted by atomic mass is 10.1. The number of carboxylic acids is 1. The second kappa shape index (κ2) is 7.65. The van der Waals surface area contributed by atoms with Gasteiger partial charge in [-0.15, -0.1) is 0 Å². The number of benzene rings is 2. The minimum Gasteiger partial charge on any atom is -0.482 e. The molecule has 0 aliphatic heterocycles. The number of hydrogen-bond donors (Lipinski definition) is 2. The summed E-state index contributed by atoms with van der Waals surface area (Å²) in [5.74, 6) is -0.505. The number of hydrazone groups is 1. The maximum absolute atomic E-state index is 10.5. The van der Waals surface area contributed by atoms with Crippen LogP contribution in [0.5, 0.6) is 5.75 Å². The lowest BCUT2D eigenvalue weighted by Gasteiger charge is -2.07. The Bertz CT molecular complexity index is 727. The molecule has 0 aliphatic rings. The fraction of sp³-hybridized carbons (Fsp3) is 0.176. The lowest BCUT2D eigenvalue weighted by Crippen LogP contribution is -2.09. The van der Waals surface area contributed by atoms with E-state index < -0.39 is 5.97 Å². The molecule has 0 fully saturated rings. The van der Waals surface area contributed by atoms with E-state index in [4.69, 9.17) is 21.4 Å². The molecule has 0 aromatic heterocycles. The van der Waals surface area contributed by atoms with Gasteiger partial charge >= 0.3 is 5.97 Å². The Labute approximate surface area is 139 Å². The SMILES string of the molecule is C/C(=N/Nc1ccc(C)c(Cl)c1)c1ccc(OCC(=O)O)cc1. The number of hydrogen-bond acceptors (Lipinski definition) is 4. The van der Waals surface area contributed by atoms with Crippen LogP contribution in [0.2, 0.25) is 5.02 Å². The van der Waals surface area contributed by atoms with Crippen molar-refractivity contribution >= 4 is 29.0 Å². The van der Waals surface area contributed by atoms with E-state index in [9.17, 15) is 4.79 Å². The molecule has 0 radical (unpaired) electrons. The number of aryl methyl sites for hydroxylation is 1. The molecular weight excluding hydrogens is 316 g/mol. The van der Waals surface area contributed by atoms with Crippen molar-refractivity contribution in [2.24, 2.45) is 5.10 Å². The largest absolute Gasteiger partial charge is 0.482 e. The number of carbonyl (C=O) groups is 1. The molecule has 0 heterocycles. The maximum Gasteiger partial charge on any atom is 0.341 e. The molecule has 2 rings (SSSR count). The van der Waals surface area contributed by atoms with Gasteiger partial charge in [0.1, 0.15) is 5.75 Å². The number of anilines is 1. The third-order valence-corrected chi connectivity index (χ3v) is 3.57. The molecule has 0 atom stereocenters. The molecule has 5 nitrogen and oxygen atoms in total. The third kappa shape index (κ3) is 5.00. The Morgan fingerprint density at radius 1 is 1.26 bits per heavy atom. The fourth-order valence-electron chi connectivity index (χ4n) is 1.81. The second-order valence-electron chi connectivity index (χ2n) is 4.98. The van der Waals surface area contributed by atoms with Crippen LogP contribution in [0, 0.1) is 6.92 Å². The number of ether oxygens (including phenoxy) is 1. The Kier molecular flexibility index (Phi) is 5.60. The first-order valence-corrected chi connectivity index (χ1v) is 7.35. The van der Waals surface area contributed by atoms with Crippen molar-refractivity contribution in [3.63, 3.8) is 0 Å². The Balaban J connectivity index is 2.02. The molecule has 0 saturated heterocycles. The molecule has 2 aromatic carbocycles. The quantitative estimate of drug-likeness (QED) is 0.620. The van der Waals surface area contributed by atoms with Gasteiger partial charge in [-0.05, 0) is 61.4 Å². The highest BCUT2D eigenvalue weighted by atomic mass is 35.5. The number of nitrogens with zero attached hydrogens (tertiary/aromatic N) is 1. The van der Waals surface area contributed by atoms with Crippen LogP contribution in [0.25, 0.3) is 0 Å². The van der Waals surface area contributed by atoms with Crippen LogP contribution >= 0.6 is 11.6 Å². The van der Waals surface area contributed by atoms with Crippen LogP contribution in [-0.2, 0) is 4.79 Å². The zero-order chi connectivity index (χ0) is 16.8. The predicted octanol–water partition coefficient (Wildman–Crippen LogP) is 3.95. The molecule has 0 saturated carbocycles. The molecule has 0 unspecified atom stereocenters. The van der Waals surface area contributed by atoms with E-state index in [0.717, 1.165) is 22.5 Å². The Hall–Kier alpha value is -2.53. The van der Waals surface area contributed by atoms with Crippen LogP contribution in [0.4, 0.5) is 5.69 Å². The van der Waals surface area contributed by atoms with E-state index >= 15 is 0 Å². The number of nitrogens with one attached hydrogen (secondary N) is 1. The first kappa shape index (κ1) is 16.8. The van der Waals surface area contributed by atoms with Crippen molar-refractivity contribution in [3.8, 4) is 5.75 Å². The minimum absolute atomic E-state index is 0.359. The summed E-state index contributed by atoms with van der Waals surface area (Å²) in [6, 6.07) is 12.7. The van der Waals surface area contributed by atoms with Crippen molar-refractivity contribution < 1.29 is 14.6 Å². The van der Waals surface area contributed by atoms with Crippen LogP contribution in [0.15, 0.2) is 47.6 Å². The molecule has 2 aromatic rings. The highest BCUT2D eigenvalue weighted by molar-refractivity contribution is 6.31. The summed E-state index contributed by atoms with van der Waals surface area (Å²) in [6.45, 7) is 3.45. The van der Waals surface area contributed by atoms with E-state index in [2.05, 4.69) is 10.5 Å². The molecule has 23 heavy (non-hydrogen) atoms. The second-order valence-corrected chi connectivity index (χ2v) is 5.39. The molecule has 0 spiro atoms. The standard InChI is InChI=1S/C17H17ClN2O3/c1-11-3-6-14(9-16(11)18)20-19-12(2)13-4-7-15(8-5-13)23-10-17(21)22/h3-9,20H,10H2,1-2H3,(H,21,22)/b19-12-. The Morgan fingerprint density at radius 2 is 1.96 bits per heavy atom. The van der Waals surface area contributed by atoms with Gasteiger partial charge in [-0.2, -0.15) is 5.10 Å². The summed E-state index contributed by atoms with van der Waals surface area (Å²) in [6.07, 6.45) is 0. The van der Waals surface area contributed by atoms with Crippen molar-refractivity contribution in [2.45, 2.75) is 13.8 Å². The average Bonchev–Trinajstić information content (AvgIpc) is 2.54. The topological polar surface area (TPSA) is 70.9 Å². The van der Waals surface area contributed by atoms with Gasteiger partial charge in [-0.25, -0.2) is 4.79 Å². The fourth-order valence-corrected chi connectivity index (χ4v) is 1.99. The highest BCUT2D eigenvalue weighted by Gasteiger charge is 2.02. The number of carboxylic acid groups (broad SMARTS) is 1. The molecule has 120 valence electrons. The minimum atomic E-state index is -1.01. The zero-order valence-electron chi connectivity index (χ0n) is 12.8. The summed E-state index contributed by atoms with van der Waals surface area (Å²) in [5.41, 5.74) is 6.46. The number of halogens is 1. The maximum atomic E-state index is 10.5. The molecular formula is C17H17ClN2O3. The van der Waals surface area contributed by atoms with E-state index in [1.165, 1.54) is 0 Å². The van der Waals surface area contributed by atoms with E-state index in [1.807, 2.05) is 44.2 Å². The molecule has 6 heteroatoms. The molecule has 0 bridgehead atoms. The normalized spacial score (nSPS) is 11.2. The first-order valence-electron chi connectivity index (χ1n) is 6.97. The van der Waals surface area contributed by atoms with Crippen LogP contribution in [-0.4, -0.2) is 23.4 Å². The molecule has 0 amide bonds. The number of aliphatic carboxylic acids is 1. The lowest BCUT2D eigenvalue weighted by molar-refractivity contribution is -0.139. The molecule has 0 aliphatic carbocycles. The summed E-state index contributed by atoms with van der Waals surface area (Å²) >= 11 is 6.07. The van der Waals surface area contributed by atoms with Gasteiger partial charge in [0.05, 0.1) is 11.4 Å². The summed E-state index contributed by atoms with van der Waals surface area (Å²) < 4.78 is 5.09. The van der Waals surface area contributed by atoms with E-state index in [-0.39, 0.29) is 6.61 Å². The van der Waals surface area contributed by atoms with Gasteiger partial charge in [0.25, 0.3) is 0 Å². The first-order chi connectivity index (χ1) is 11.0. The van der Waals surface area contributed by atoms with Gasteiger partial charge in [-0.1, -0.05) is 17.7 Å². The van der Waals surface area contributed by atoms with Gasteiger partial charge < -0.3 is 9.84 Å². The Morgan fingerprint density at radius 3 is 2.57 bits per heavy atom. The smallest absolute Gasteiger partial charge is 0.341 e. The highest BCUT2D eigenvalue weighted by Crippen LogP contribution is 2.20. The predicted molar refractivity (Wildman–Crippen MR) is 91.6 cm³/mol. The number of rotatable bonds is 6. The average molecular weight is 333 g/mol. The van der Waals surface area contributed by atoms with Gasteiger partial charge in [0.15, 0.2) is 6.61 Å². The van der Waals surface area contributed by atoms with E-state index in [1.54, 1.807) is 12.1 Å². The van der Waals surface area contributed by atoms with Gasteiger partial charge in [0.2, 0.25) is 0 Å². The molecule has 2 N–H and O–H groups in total.